The zero-order valence-corrected chi connectivity index (χ0v) is 9.81. The smallest absolute Gasteiger partial charge is 0.287 e. The molecule has 0 aromatic rings. The fraction of sp³-hybridized carbons (Fsp3) is 0.889. The Morgan fingerprint density at radius 2 is 1.65 bits per heavy atom. The summed E-state index contributed by atoms with van der Waals surface area (Å²) in [5, 5.41) is -0.466. The van der Waals surface area contributed by atoms with Crippen LogP contribution in [0.1, 0.15) is 19.8 Å². The van der Waals surface area contributed by atoms with Gasteiger partial charge in [0.05, 0.1) is 6.67 Å². The van der Waals surface area contributed by atoms with Crippen LogP contribution in [-0.4, -0.2) is 35.6 Å². The largest absolute Gasteiger partial charge is 0.288 e. The van der Waals surface area contributed by atoms with Crippen LogP contribution in [0.2, 0.25) is 0 Å². The molecule has 0 aliphatic rings. The fourth-order valence-electron chi connectivity index (χ4n) is 1.02. The molecule has 0 aliphatic carbocycles. The van der Waals surface area contributed by atoms with Gasteiger partial charge in [-0.3, -0.25) is 9.18 Å². The maximum Gasteiger partial charge on any atom is 0.287 e. The number of carbonyl (C=O) groups excluding carboxylic acids is 1. The van der Waals surface area contributed by atoms with Crippen LogP contribution in [-0.2, 0) is 4.79 Å². The average Bonchev–Trinajstić information content (AvgIpc) is 2.15. The van der Waals surface area contributed by atoms with Gasteiger partial charge >= 0.3 is 0 Å². The summed E-state index contributed by atoms with van der Waals surface area (Å²) >= 11 is 0.495. The van der Waals surface area contributed by atoms with E-state index < -0.39 is 48.4 Å². The van der Waals surface area contributed by atoms with Crippen molar-refractivity contribution < 1.29 is 31.1 Å². The zero-order valence-electron chi connectivity index (χ0n) is 8.99. The van der Waals surface area contributed by atoms with Crippen LogP contribution in [0.25, 0.3) is 0 Å². The molecule has 0 heterocycles. The van der Waals surface area contributed by atoms with Crippen molar-refractivity contribution in [2.45, 2.75) is 37.8 Å². The van der Waals surface area contributed by atoms with Gasteiger partial charge in [0.15, 0.2) is 5.12 Å². The second-order valence-electron chi connectivity index (χ2n) is 3.41. The molecular weight excluding hydrogens is 270 g/mol. The van der Waals surface area contributed by atoms with Crippen molar-refractivity contribution in [2.24, 2.45) is 0 Å². The van der Waals surface area contributed by atoms with Crippen molar-refractivity contribution in [2.75, 3.05) is 12.4 Å². The van der Waals surface area contributed by atoms with Crippen LogP contribution in [0.4, 0.5) is 26.3 Å². The monoisotopic (exact) mass is 282 g/mol. The molecule has 1 unspecified atom stereocenters. The number of rotatable bonds is 7. The molecule has 0 bridgehead atoms. The van der Waals surface area contributed by atoms with E-state index in [1.165, 1.54) is 0 Å². The highest BCUT2D eigenvalue weighted by atomic mass is 32.2. The molecule has 0 aliphatic heterocycles. The summed E-state index contributed by atoms with van der Waals surface area (Å²) in [6.45, 7) is -0.459. The Morgan fingerprint density at radius 1 is 1.18 bits per heavy atom. The summed E-state index contributed by atoms with van der Waals surface area (Å²) in [4.78, 5) is 10.4. The van der Waals surface area contributed by atoms with Gasteiger partial charge in [0.2, 0.25) is 6.17 Å². The summed E-state index contributed by atoms with van der Waals surface area (Å²) in [5.41, 5.74) is 0. The summed E-state index contributed by atoms with van der Waals surface area (Å²) < 4.78 is 76.0. The molecule has 0 N–H and O–H groups in total. The molecule has 0 saturated carbocycles. The molecule has 1 atom stereocenters. The van der Waals surface area contributed by atoms with Gasteiger partial charge in [0.1, 0.15) is 0 Å². The zero-order chi connectivity index (χ0) is 13.7. The van der Waals surface area contributed by atoms with Crippen LogP contribution in [0.15, 0.2) is 0 Å². The first-order valence-electron chi connectivity index (χ1n) is 4.72. The van der Waals surface area contributed by atoms with E-state index in [2.05, 4.69) is 0 Å². The molecule has 0 fully saturated rings. The van der Waals surface area contributed by atoms with Gasteiger partial charge < -0.3 is 0 Å². The van der Waals surface area contributed by atoms with E-state index in [1.54, 1.807) is 0 Å². The minimum absolute atomic E-state index is 0.464. The van der Waals surface area contributed by atoms with Gasteiger partial charge in [-0.05, 0) is 0 Å². The minimum atomic E-state index is -4.40. The van der Waals surface area contributed by atoms with Crippen molar-refractivity contribution >= 4 is 16.9 Å². The fourth-order valence-corrected chi connectivity index (χ4v) is 1.68. The van der Waals surface area contributed by atoms with Crippen molar-refractivity contribution in [3.8, 4) is 0 Å². The van der Waals surface area contributed by atoms with Gasteiger partial charge in [0.25, 0.3) is 11.8 Å². The van der Waals surface area contributed by atoms with Crippen molar-refractivity contribution in [1.29, 1.82) is 0 Å². The lowest BCUT2D eigenvalue weighted by molar-refractivity contribution is -0.184. The van der Waals surface area contributed by atoms with Gasteiger partial charge in [-0.25, -0.2) is 22.0 Å². The molecular formula is C9H12F6OS. The molecule has 1 nitrogen and oxygen atoms in total. The lowest BCUT2D eigenvalue weighted by Gasteiger charge is -2.26. The summed E-state index contributed by atoms with van der Waals surface area (Å²) in [6, 6.07) is 0. The number of thioether (sulfide) groups is 1. The van der Waals surface area contributed by atoms with E-state index in [0.717, 1.165) is 6.92 Å². The SMILES string of the molecule is CC(=O)SCCC(F)(F)C(F)C(F)(F)CCF. The molecule has 0 spiro atoms. The average molecular weight is 282 g/mol. The molecule has 0 radical (unpaired) electrons. The first-order chi connectivity index (χ1) is 7.63. The first-order valence-corrected chi connectivity index (χ1v) is 5.71. The molecule has 102 valence electrons. The molecule has 8 heteroatoms. The van der Waals surface area contributed by atoms with E-state index in [9.17, 15) is 31.1 Å². The Kier molecular flexibility index (Phi) is 6.36. The van der Waals surface area contributed by atoms with Crippen LogP contribution in [0.5, 0.6) is 0 Å². The predicted molar refractivity (Wildman–Crippen MR) is 53.1 cm³/mol. The number of hydrogen-bond acceptors (Lipinski definition) is 2. The van der Waals surface area contributed by atoms with Gasteiger partial charge in [0, 0.05) is 25.5 Å². The lowest BCUT2D eigenvalue weighted by atomic mass is 10.0. The van der Waals surface area contributed by atoms with Gasteiger partial charge in [-0.1, -0.05) is 11.8 Å². The number of carbonyl (C=O) groups is 1. The molecule has 0 rings (SSSR count). The highest BCUT2D eigenvalue weighted by Crippen LogP contribution is 2.38. The van der Waals surface area contributed by atoms with Gasteiger partial charge in [-0.15, -0.1) is 0 Å². The normalized spacial score (nSPS) is 14.8. The van der Waals surface area contributed by atoms with Crippen LogP contribution >= 0.6 is 11.8 Å². The third-order valence-corrected chi connectivity index (χ3v) is 2.72. The number of halogens is 6. The first kappa shape index (κ1) is 16.6. The Labute approximate surface area is 98.9 Å². The summed E-state index contributed by atoms with van der Waals surface area (Å²) in [6.07, 6.45) is -6.51. The van der Waals surface area contributed by atoms with Crippen LogP contribution in [0.3, 0.4) is 0 Å². The predicted octanol–water partition coefficient (Wildman–Crippen LogP) is 3.62. The Hall–Kier alpha value is -0.400. The highest BCUT2D eigenvalue weighted by molar-refractivity contribution is 8.13. The van der Waals surface area contributed by atoms with Crippen molar-refractivity contribution in [3.63, 3.8) is 0 Å². The standard InChI is InChI=1S/C9H12F6OS/c1-6(16)17-5-3-9(14,15)7(11)8(12,13)2-4-10/h7H,2-5H2,1H3. The van der Waals surface area contributed by atoms with Crippen LogP contribution < -0.4 is 0 Å². The molecule has 0 aromatic heterocycles. The minimum Gasteiger partial charge on any atom is -0.288 e. The van der Waals surface area contributed by atoms with Crippen molar-refractivity contribution in [3.05, 3.63) is 0 Å². The Morgan fingerprint density at radius 3 is 2.06 bits per heavy atom. The lowest BCUT2D eigenvalue weighted by Crippen LogP contribution is -2.44. The van der Waals surface area contributed by atoms with E-state index in [-0.39, 0.29) is 0 Å². The van der Waals surface area contributed by atoms with E-state index in [1.807, 2.05) is 0 Å². The third-order valence-electron chi connectivity index (χ3n) is 1.91. The Balaban J connectivity index is 4.42. The van der Waals surface area contributed by atoms with E-state index in [4.69, 9.17) is 0 Å². The van der Waals surface area contributed by atoms with Crippen molar-refractivity contribution in [1.82, 2.24) is 0 Å². The third kappa shape index (κ3) is 5.65. The van der Waals surface area contributed by atoms with E-state index in [0.29, 0.717) is 11.8 Å². The van der Waals surface area contributed by atoms with E-state index >= 15 is 0 Å². The molecule has 17 heavy (non-hydrogen) atoms. The highest BCUT2D eigenvalue weighted by Gasteiger charge is 2.54. The summed E-state index contributed by atoms with van der Waals surface area (Å²) in [7, 11) is 0. The molecule has 0 amide bonds. The number of alkyl halides is 6. The maximum absolute atomic E-state index is 13.0. The Bertz CT molecular complexity index is 258. The number of hydrogen-bond donors (Lipinski definition) is 0. The quantitative estimate of drug-likeness (QED) is 0.663. The van der Waals surface area contributed by atoms with Gasteiger partial charge in [-0.2, -0.15) is 0 Å². The summed E-state index contributed by atoms with van der Waals surface area (Å²) in [5.74, 6) is -9.14. The van der Waals surface area contributed by atoms with Crippen LogP contribution in [0, 0.1) is 0 Å². The topological polar surface area (TPSA) is 17.1 Å². The maximum atomic E-state index is 13.0. The molecule has 0 aromatic carbocycles. The second-order valence-corrected chi connectivity index (χ2v) is 4.69. The molecule has 0 saturated heterocycles. The second kappa shape index (κ2) is 6.51.